The van der Waals surface area contributed by atoms with Crippen LogP contribution in [-0.4, -0.2) is 32.3 Å². The minimum atomic E-state index is -0.742. The van der Waals surface area contributed by atoms with Crippen molar-refractivity contribution in [2.24, 2.45) is 0 Å². The molecule has 0 radical (unpaired) electrons. The van der Waals surface area contributed by atoms with Gasteiger partial charge in [-0.1, -0.05) is 29.3 Å². The van der Waals surface area contributed by atoms with Crippen molar-refractivity contribution < 1.29 is 19.0 Å². The fourth-order valence-electron chi connectivity index (χ4n) is 1.94. The van der Waals surface area contributed by atoms with E-state index in [4.69, 9.17) is 37.4 Å². The van der Waals surface area contributed by atoms with Gasteiger partial charge in [-0.15, -0.1) is 0 Å². The van der Waals surface area contributed by atoms with E-state index in [9.17, 15) is 4.79 Å². The van der Waals surface area contributed by atoms with E-state index in [2.05, 4.69) is 5.32 Å². The minimum absolute atomic E-state index is 0.279. The van der Waals surface area contributed by atoms with Crippen molar-refractivity contribution in [1.82, 2.24) is 0 Å². The van der Waals surface area contributed by atoms with E-state index in [1.165, 1.54) is 0 Å². The number of nitrogens with one attached hydrogen (secondary N) is 1. The number of hydrogen-bond acceptors (Lipinski definition) is 4. The van der Waals surface area contributed by atoms with Crippen LogP contribution in [0, 0.1) is 0 Å². The second-order valence-electron chi connectivity index (χ2n) is 5.17. The molecule has 1 N–H and O–H groups in total. The molecule has 0 aromatic heterocycles. The molecule has 1 amide bonds. The predicted molar refractivity (Wildman–Crippen MR) is 99.0 cm³/mol. The first-order chi connectivity index (χ1) is 12.0. The van der Waals surface area contributed by atoms with E-state index < -0.39 is 6.10 Å². The molecule has 5 nitrogen and oxygen atoms in total. The molecule has 0 saturated carbocycles. The highest BCUT2D eigenvalue weighted by atomic mass is 35.5. The lowest BCUT2D eigenvalue weighted by Gasteiger charge is -2.16. The van der Waals surface area contributed by atoms with E-state index in [-0.39, 0.29) is 10.9 Å². The van der Waals surface area contributed by atoms with Crippen LogP contribution in [0.4, 0.5) is 5.69 Å². The highest BCUT2D eigenvalue weighted by Gasteiger charge is 2.17. The Bertz CT molecular complexity index is 707. The molecular weight excluding hydrogens is 365 g/mol. The van der Waals surface area contributed by atoms with Crippen molar-refractivity contribution in [3.63, 3.8) is 0 Å². The molecule has 1 atom stereocenters. The van der Waals surface area contributed by atoms with Crippen molar-refractivity contribution in [2.75, 3.05) is 25.6 Å². The molecular formula is C18H19Cl2NO4. The fraction of sp³-hybridized carbons (Fsp3) is 0.278. The zero-order chi connectivity index (χ0) is 18.2. The monoisotopic (exact) mass is 383 g/mol. The third kappa shape index (κ3) is 5.81. The van der Waals surface area contributed by atoms with Gasteiger partial charge in [0, 0.05) is 12.8 Å². The average Bonchev–Trinajstić information content (AvgIpc) is 2.60. The van der Waals surface area contributed by atoms with Crippen molar-refractivity contribution in [3.05, 3.63) is 52.5 Å². The number of hydrogen-bond donors (Lipinski definition) is 1. The number of ether oxygens (including phenoxy) is 3. The van der Waals surface area contributed by atoms with Crippen LogP contribution in [0.1, 0.15) is 6.92 Å². The Kier molecular flexibility index (Phi) is 7.37. The molecule has 0 bridgehead atoms. The fourth-order valence-corrected chi connectivity index (χ4v) is 2.28. The zero-order valence-electron chi connectivity index (χ0n) is 13.9. The number of halogens is 2. The third-order valence-corrected chi connectivity index (χ3v) is 4.07. The molecule has 2 aromatic rings. The number of anilines is 1. The molecule has 0 aliphatic carbocycles. The van der Waals surface area contributed by atoms with Crippen LogP contribution in [0.2, 0.25) is 10.0 Å². The minimum Gasteiger partial charge on any atom is -0.491 e. The first-order valence-electron chi connectivity index (χ1n) is 7.64. The molecule has 25 heavy (non-hydrogen) atoms. The lowest BCUT2D eigenvalue weighted by atomic mass is 10.2. The summed E-state index contributed by atoms with van der Waals surface area (Å²) in [6.45, 7) is 2.61. The molecule has 134 valence electrons. The van der Waals surface area contributed by atoms with Crippen LogP contribution in [0.5, 0.6) is 11.5 Å². The lowest BCUT2D eigenvalue weighted by molar-refractivity contribution is -0.122. The van der Waals surface area contributed by atoms with Gasteiger partial charge in [0.25, 0.3) is 5.91 Å². The standard InChI is InChI=1S/C18H19Cl2NO4/c1-12(25-16-5-3-4-15(19)17(16)20)18(22)21-13-6-8-14(9-7-13)24-11-10-23-2/h3-9,12H,10-11H2,1-2H3,(H,21,22). The molecule has 0 spiro atoms. The smallest absolute Gasteiger partial charge is 0.265 e. The molecule has 7 heteroatoms. The summed E-state index contributed by atoms with van der Waals surface area (Å²) in [5.41, 5.74) is 0.636. The van der Waals surface area contributed by atoms with Crippen LogP contribution in [0.25, 0.3) is 0 Å². The highest BCUT2D eigenvalue weighted by Crippen LogP contribution is 2.32. The number of methoxy groups -OCH3 is 1. The summed E-state index contributed by atoms with van der Waals surface area (Å²) in [4.78, 5) is 12.2. The van der Waals surface area contributed by atoms with Gasteiger partial charge < -0.3 is 19.5 Å². The van der Waals surface area contributed by atoms with E-state index in [1.807, 2.05) is 0 Å². The van der Waals surface area contributed by atoms with Gasteiger partial charge in [-0.2, -0.15) is 0 Å². The van der Waals surface area contributed by atoms with Crippen LogP contribution in [-0.2, 0) is 9.53 Å². The second kappa shape index (κ2) is 9.51. The topological polar surface area (TPSA) is 56.8 Å². The zero-order valence-corrected chi connectivity index (χ0v) is 15.4. The summed E-state index contributed by atoms with van der Waals surface area (Å²) in [6, 6.07) is 12.0. The van der Waals surface area contributed by atoms with Gasteiger partial charge in [-0.05, 0) is 43.3 Å². The van der Waals surface area contributed by atoms with Gasteiger partial charge in [0.2, 0.25) is 0 Å². The Morgan fingerprint density at radius 1 is 1.12 bits per heavy atom. The quantitative estimate of drug-likeness (QED) is 0.685. The van der Waals surface area contributed by atoms with Crippen LogP contribution < -0.4 is 14.8 Å². The molecule has 0 aliphatic heterocycles. The van der Waals surface area contributed by atoms with Gasteiger partial charge in [0.15, 0.2) is 6.10 Å². The normalized spacial score (nSPS) is 11.7. The Labute approximate surface area is 156 Å². The van der Waals surface area contributed by atoms with E-state index >= 15 is 0 Å². The maximum absolute atomic E-state index is 12.2. The molecule has 0 fully saturated rings. The first-order valence-corrected chi connectivity index (χ1v) is 8.40. The lowest BCUT2D eigenvalue weighted by Crippen LogP contribution is -2.30. The van der Waals surface area contributed by atoms with Crippen molar-refractivity contribution >= 4 is 34.8 Å². The predicted octanol–water partition coefficient (Wildman–Crippen LogP) is 4.42. The van der Waals surface area contributed by atoms with Crippen LogP contribution in [0.3, 0.4) is 0 Å². The Balaban J connectivity index is 1.91. The summed E-state index contributed by atoms with van der Waals surface area (Å²) < 4.78 is 16.0. The summed E-state index contributed by atoms with van der Waals surface area (Å²) in [6.07, 6.45) is -0.742. The van der Waals surface area contributed by atoms with Crippen molar-refractivity contribution in [1.29, 1.82) is 0 Å². The average molecular weight is 384 g/mol. The Morgan fingerprint density at radius 3 is 2.52 bits per heavy atom. The van der Waals surface area contributed by atoms with Crippen LogP contribution >= 0.6 is 23.2 Å². The molecule has 0 heterocycles. The molecule has 0 saturated heterocycles. The van der Waals surface area contributed by atoms with Crippen molar-refractivity contribution in [3.8, 4) is 11.5 Å². The van der Waals surface area contributed by atoms with E-state index in [0.29, 0.717) is 35.4 Å². The Morgan fingerprint density at radius 2 is 1.84 bits per heavy atom. The largest absolute Gasteiger partial charge is 0.491 e. The summed E-state index contributed by atoms with van der Waals surface area (Å²) >= 11 is 12.0. The number of carbonyl (C=O) groups is 1. The summed E-state index contributed by atoms with van der Waals surface area (Å²) in [5.74, 6) is 0.757. The summed E-state index contributed by atoms with van der Waals surface area (Å²) in [5, 5.41) is 3.42. The Hall–Kier alpha value is -1.95. The molecule has 2 aromatic carbocycles. The van der Waals surface area contributed by atoms with Gasteiger partial charge in [-0.3, -0.25) is 4.79 Å². The van der Waals surface area contributed by atoms with Gasteiger partial charge in [-0.25, -0.2) is 0 Å². The molecule has 2 rings (SSSR count). The van der Waals surface area contributed by atoms with E-state index in [0.717, 1.165) is 0 Å². The van der Waals surface area contributed by atoms with E-state index in [1.54, 1.807) is 56.5 Å². The van der Waals surface area contributed by atoms with Crippen LogP contribution in [0.15, 0.2) is 42.5 Å². The maximum Gasteiger partial charge on any atom is 0.265 e. The number of rotatable bonds is 8. The maximum atomic E-state index is 12.2. The van der Waals surface area contributed by atoms with Gasteiger partial charge in [0.1, 0.15) is 23.1 Å². The highest BCUT2D eigenvalue weighted by molar-refractivity contribution is 6.42. The number of amides is 1. The second-order valence-corrected chi connectivity index (χ2v) is 5.95. The first kappa shape index (κ1) is 19.4. The molecule has 0 aliphatic rings. The van der Waals surface area contributed by atoms with Crippen molar-refractivity contribution in [2.45, 2.75) is 13.0 Å². The SMILES string of the molecule is COCCOc1ccc(NC(=O)C(C)Oc2cccc(Cl)c2Cl)cc1. The number of benzene rings is 2. The number of carbonyl (C=O) groups excluding carboxylic acids is 1. The van der Waals surface area contributed by atoms with Gasteiger partial charge in [0.05, 0.1) is 11.6 Å². The summed E-state index contributed by atoms with van der Waals surface area (Å²) in [7, 11) is 1.61. The van der Waals surface area contributed by atoms with Gasteiger partial charge >= 0.3 is 0 Å². The third-order valence-electron chi connectivity index (χ3n) is 3.27. The molecule has 1 unspecified atom stereocenters.